The van der Waals surface area contributed by atoms with Gasteiger partial charge < -0.3 is 4.57 Å². The van der Waals surface area contributed by atoms with Gasteiger partial charge in [0.15, 0.2) is 0 Å². The second-order valence-corrected chi connectivity index (χ2v) is 6.51. The third-order valence-corrected chi connectivity index (χ3v) is 4.56. The van der Waals surface area contributed by atoms with Gasteiger partial charge in [-0.1, -0.05) is 12.1 Å². The van der Waals surface area contributed by atoms with E-state index in [-0.39, 0.29) is 11.4 Å². The molecule has 0 radical (unpaired) electrons. The minimum absolute atomic E-state index is 0.162. The quantitative estimate of drug-likeness (QED) is 0.825. The molecule has 0 amide bonds. The number of aryl methyl sites for hydroxylation is 2. The van der Waals surface area contributed by atoms with Crippen LogP contribution in [0.3, 0.4) is 0 Å². The fourth-order valence-electron chi connectivity index (χ4n) is 1.75. The highest BCUT2D eigenvalue weighted by Crippen LogP contribution is 2.12. The van der Waals surface area contributed by atoms with Gasteiger partial charge in [0, 0.05) is 25.3 Å². The fourth-order valence-corrected chi connectivity index (χ4v) is 2.95. The van der Waals surface area contributed by atoms with E-state index in [0.29, 0.717) is 11.7 Å². The Balaban J connectivity index is 2.08. The summed E-state index contributed by atoms with van der Waals surface area (Å²) in [5, 5.41) is 0. The summed E-state index contributed by atoms with van der Waals surface area (Å²) in [6, 6.07) is 6.72. The van der Waals surface area contributed by atoms with Gasteiger partial charge in [0.05, 0.1) is 11.4 Å². The van der Waals surface area contributed by atoms with E-state index in [1.54, 1.807) is 41.2 Å². The minimum atomic E-state index is -3.52. The lowest BCUT2D eigenvalue weighted by Crippen LogP contribution is -2.24. The Kier molecular flexibility index (Phi) is 4.80. The average Bonchev–Trinajstić information content (AvgIpc) is 2.83. The zero-order valence-electron chi connectivity index (χ0n) is 11.1. The SMILES string of the molecule is Cn1ccnc1CNS(=O)(=O)c1ccc(CCCl)cc1. The molecule has 5 nitrogen and oxygen atoms in total. The van der Waals surface area contributed by atoms with E-state index >= 15 is 0 Å². The van der Waals surface area contributed by atoms with Crippen molar-refractivity contribution in [2.24, 2.45) is 7.05 Å². The van der Waals surface area contributed by atoms with Gasteiger partial charge in [-0.05, 0) is 24.1 Å². The molecule has 0 saturated heterocycles. The zero-order chi connectivity index (χ0) is 14.6. The topological polar surface area (TPSA) is 64.0 Å². The van der Waals surface area contributed by atoms with E-state index in [2.05, 4.69) is 9.71 Å². The van der Waals surface area contributed by atoms with Gasteiger partial charge in [-0.2, -0.15) is 0 Å². The third kappa shape index (κ3) is 3.59. The van der Waals surface area contributed by atoms with Crippen LogP contribution >= 0.6 is 11.6 Å². The van der Waals surface area contributed by atoms with Crippen LogP contribution in [0, 0.1) is 0 Å². The lowest BCUT2D eigenvalue weighted by molar-refractivity contribution is 0.577. The first-order valence-electron chi connectivity index (χ1n) is 6.14. The number of nitrogens with zero attached hydrogens (tertiary/aromatic N) is 2. The molecule has 108 valence electrons. The van der Waals surface area contributed by atoms with Crippen molar-refractivity contribution in [3.05, 3.63) is 48.0 Å². The molecule has 20 heavy (non-hydrogen) atoms. The van der Waals surface area contributed by atoms with Crippen LogP contribution < -0.4 is 4.72 Å². The third-order valence-electron chi connectivity index (χ3n) is 2.96. The largest absolute Gasteiger partial charge is 0.337 e. The molecule has 0 aliphatic rings. The lowest BCUT2D eigenvalue weighted by atomic mass is 10.2. The first-order chi connectivity index (χ1) is 9.53. The molecule has 7 heteroatoms. The summed E-state index contributed by atoms with van der Waals surface area (Å²) in [7, 11) is -1.70. The van der Waals surface area contributed by atoms with Gasteiger partial charge in [-0.3, -0.25) is 0 Å². The monoisotopic (exact) mass is 313 g/mol. The molecular weight excluding hydrogens is 298 g/mol. The maximum atomic E-state index is 12.1. The van der Waals surface area contributed by atoms with Crippen LogP contribution in [0.5, 0.6) is 0 Å². The van der Waals surface area contributed by atoms with Crippen LogP contribution in [-0.2, 0) is 30.0 Å². The van der Waals surface area contributed by atoms with Crippen molar-refractivity contribution < 1.29 is 8.42 Å². The molecule has 1 N–H and O–H groups in total. The number of halogens is 1. The smallest absolute Gasteiger partial charge is 0.240 e. The summed E-state index contributed by atoms with van der Waals surface area (Å²) >= 11 is 5.65. The van der Waals surface area contributed by atoms with Crippen LogP contribution in [0.4, 0.5) is 0 Å². The Morgan fingerprint density at radius 1 is 1.30 bits per heavy atom. The van der Waals surface area contributed by atoms with E-state index in [1.807, 2.05) is 7.05 Å². The maximum Gasteiger partial charge on any atom is 0.240 e. The van der Waals surface area contributed by atoms with E-state index in [4.69, 9.17) is 11.6 Å². The predicted molar refractivity (Wildman–Crippen MR) is 78.1 cm³/mol. The molecular formula is C13H16ClN3O2S. The predicted octanol–water partition coefficient (Wildman–Crippen LogP) is 1.68. The van der Waals surface area contributed by atoms with Crippen molar-refractivity contribution in [2.45, 2.75) is 17.9 Å². The number of alkyl halides is 1. The molecule has 1 heterocycles. The molecule has 0 unspecified atom stereocenters. The standard InChI is InChI=1S/C13H16ClN3O2S/c1-17-9-8-15-13(17)10-16-20(18,19)12-4-2-11(3-5-12)6-7-14/h2-5,8-9,16H,6-7,10H2,1H3. The summed E-state index contributed by atoms with van der Waals surface area (Å²) in [5.41, 5.74) is 1.02. The van der Waals surface area contributed by atoms with E-state index in [9.17, 15) is 8.42 Å². The van der Waals surface area contributed by atoms with Crippen LogP contribution in [0.1, 0.15) is 11.4 Å². The van der Waals surface area contributed by atoms with Crippen LogP contribution in [0.2, 0.25) is 0 Å². The second kappa shape index (κ2) is 6.39. The number of aromatic nitrogens is 2. The molecule has 0 fully saturated rings. The molecule has 0 bridgehead atoms. The van der Waals surface area contributed by atoms with Crippen LogP contribution in [-0.4, -0.2) is 23.8 Å². The van der Waals surface area contributed by atoms with Crippen molar-refractivity contribution in [3.63, 3.8) is 0 Å². The van der Waals surface area contributed by atoms with E-state index in [0.717, 1.165) is 12.0 Å². The van der Waals surface area contributed by atoms with Crippen molar-refractivity contribution in [1.29, 1.82) is 0 Å². The van der Waals surface area contributed by atoms with Gasteiger partial charge in [-0.15, -0.1) is 11.6 Å². The molecule has 1 aromatic carbocycles. The summed E-state index contributed by atoms with van der Waals surface area (Å²) in [4.78, 5) is 4.31. The number of imidazole rings is 1. The van der Waals surface area contributed by atoms with Crippen molar-refractivity contribution >= 4 is 21.6 Å². The molecule has 0 atom stereocenters. The second-order valence-electron chi connectivity index (χ2n) is 4.36. The number of benzene rings is 1. The summed E-state index contributed by atoms with van der Waals surface area (Å²) < 4.78 is 28.6. The summed E-state index contributed by atoms with van der Waals surface area (Å²) in [5.74, 6) is 1.18. The average molecular weight is 314 g/mol. The van der Waals surface area contributed by atoms with Crippen LogP contribution in [0.15, 0.2) is 41.6 Å². The van der Waals surface area contributed by atoms with Gasteiger partial charge in [0.2, 0.25) is 10.0 Å². The van der Waals surface area contributed by atoms with Crippen LogP contribution in [0.25, 0.3) is 0 Å². The molecule has 1 aromatic heterocycles. The van der Waals surface area contributed by atoms with E-state index in [1.165, 1.54) is 0 Å². The maximum absolute atomic E-state index is 12.1. The Hall–Kier alpha value is -1.37. The van der Waals surface area contributed by atoms with Gasteiger partial charge in [0.1, 0.15) is 5.82 Å². The summed E-state index contributed by atoms with van der Waals surface area (Å²) in [6.07, 6.45) is 4.12. The van der Waals surface area contributed by atoms with Crippen molar-refractivity contribution in [2.75, 3.05) is 5.88 Å². The highest BCUT2D eigenvalue weighted by atomic mass is 35.5. The van der Waals surface area contributed by atoms with Crippen molar-refractivity contribution in [3.8, 4) is 0 Å². The Bertz CT molecular complexity index is 665. The van der Waals surface area contributed by atoms with Gasteiger partial charge >= 0.3 is 0 Å². The highest BCUT2D eigenvalue weighted by Gasteiger charge is 2.14. The number of hydrogen-bond donors (Lipinski definition) is 1. The molecule has 2 aromatic rings. The van der Waals surface area contributed by atoms with Crippen molar-refractivity contribution in [1.82, 2.24) is 14.3 Å². The zero-order valence-corrected chi connectivity index (χ0v) is 12.7. The molecule has 0 aliphatic heterocycles. The Morgan fingerprint density at radius 3 is 2.55 bits per heavy atom. The molecule has 0 aliphatic carbocycles. The normalized spacial score (nSPS) is 11.7. The van der Waals surface area contributed by atoms with E-state index < -0.39 is 10.0 Å². The molecule has 2 rings (SSSR count). The van der Waals surface area contributed by atoms with Gasteiger partial charge in [-0.25, -0.2) is 18.1 Å². The minimum Gasteiger partial charge on any atom is -0.337 e. The fraction of sp³-hybridized carbons (Fsp3) is 0.308. The molecule has 0 saturated carbocycles. The summed E-state index contributed by atoms with van der Waals surface area (Å²) in [6.45, 7) is 0.162. The van der Waals surface area contributed by atoms with Gasteiger partial charge in [0.25, 0.3) is 0 Å². The Morgan fingerprint density at radius 2 is 2.00 bits per heavy atom. The first-order valence-corrected chi connectivity index (χ1v) is 8.15. The number of sulfonamides is 1. The highest BCUT2D eigenvalue weighted by molar-refractivity contribution is 7.89. The Labute approximate surface area is 123 Å². The first kappa shape index (κ1) is 15.0. The number of hydrogen-bond acceptors (Lipinski definition) is 3. The lowest BCUT2D eigenvalue weighted by Gasteiger charge is -2.07. The number of nitrogens with one attached hydrogen (secondary N) is 1. The number of rotatable bonds is 6. The molecule has 0 spiro atoms.